The van der Waals surface area contributed by atoms with E-state index in [9.17, 15) is 4.79 Å². The molecular weight excluding hydrogens is 254 g/mol. The average Bonchev–Trinajstić information content (AvgIpc) is 2.96. The molecule has 1 aromatic carbocycles. The zero-order chi connectivity index (χ0) is 14.4. The minimum Gasteiger partial charge on any atom is -0.445 e. The second-order valence-electron chi connectivity index (χ2n) is 5.20. The van der Waals surface area contributed by atoms with Gasteiger partial charge in [0.2, 0.25) is 0 Å². The number of ether oxygens (including phenoxy) is 1. The summed E-state index contributed by atoms with van der Waals surface area (Å²) in [4.78, 5) is 16.0. The van der Waals surface area contributed by atoms with E-state index in [1.54, 1.807) is 4.90 Å². The maximum Gasteiger partial charge on any atom is 0.410 e. The Balaban J connectivity index is 1.77. The van der Waals surface area contributed by atoms with Crippen LogP contribution < -0.4 is 5.73 Å². The minimum absolute atomic E-state index is 0.225. The van der Waals surface area contributed by atoms with E-state index in [1.807, 2.05) is 30.3 Å². The molecule has 1 heterocycles. The average molecular weight is 277 g/mol. The van der Waals surface area contributed by atoms with Crippen LogP contribution in [0.3, 0.4) is 0 Å². The van der Waals surface area contributed by atoms with Gasteiger partial charge in [0.15, 0.2) is 0 Å². The summed E-state index contributed by atoms with van der Waals surface area (Å²) in [5.41, 5.74) is 6.57. The first-order valence-corrected chi connectivity index (χ1v) is 7.06. The summed E-state index contributed by atoms with van der Waals surface area (Å²) in [7, 11) is 2.05. The van der Waals surface area contributed by atoms with E-state index in [2.05, 4.69) is 11.9 Å². The molecule has 2 N–H and O–H groups in total. The molecule has 0 unspecified atom stereocenters. The van der Waals surface area contributed by atoms with Gasteiger partial charge >= 0.3 is 6.09 Å². The van der Waals surface area contributed by atoms with Crippen LogP contribution in [-0.4, -0.2) is 55.2 Å². The summed E-state index contributed by atoms with van der Waals surface area (Å²) in [6, 6.07) is 10.1. The van der Waals surface area contributed by atoms with Gasteiger partial charge in [-0.3, -0.25) is 0 Å². The van der Waals surface area contributed by atoms with Gasteiger partial charge in [0.25, 0.3) is 0 Å². The van der Waals surface area contributed by atoms with E-state index in [0.29, 0.717) is 19.2 Å². The highest BCUT2D eigenvalue weighted by Gasteiger charge is 2.29. The number of rotatable bonds is 5. The molecule has 5 nitrogen and oxygen atoms in total. The molecule has 0 radical (unpaired) electrons. The monoisotopic (exact) mass is 277 g/mol. The number of hydrogen-bond acceptors (Lipinski definition) is 4. The summed E-state index contributed by atoms with van der Waals surface area (Å²) < 4.78 is 5.34. The van der Waals surface area contributed by atoms with Crippen molar-refractivity contribution >= 4 is 6.09 Å². The number of carbonyl (C=O) groups is 1. The van der Waals surface area contributed by atoms with Gasteiger partial charge in [-0.2, -0.15) is 0 Å². The molecule has 0 spiro atoms. The van der Waals surface area contributed by atoms with Crippen LogP contribution in [0.1, 0.15) is 12.0 Å². The predicted octanol–water partition coefficient (Wildman–Crippen LogP) is 1.29. The standard InChI is InChI=1S/C15H23N3O2/c1-17(10-8-16)14-7-9-18(11-14)15(19)20-12-13-5-3-2-4-6-13/h2-6,14H,7-12,16H2,1H3/t14-/m0/s1. The van der Waals surface area contributed by atoms with Gasteiger partial charge in [0.1, 0.15) is 6.61 Å². The van der Waals surface area contributed by atoms with Gasteiger partial charge in [-0.1, -0.05) is 30.3 Å². The summed E-state index contributed by atoms with van der Waals surface area (Å²) >= 11 is 0. The molecule has 1 aliphatic rings. The third-order valence-electron chi connectivity index (χ3n) is 3.73. The van der Waals surface area contributed by atoms with Crippen LogP contribution in [-0.2, 0) is 11.3 Å². The van der Waals surface area contributed by atoms with Crippen LogP contribution >= 0.6 is 0 Å². The number of hydrogen-bond donors (Lipinski definition) is 1. The fraction of sp³-hybridized carbons (Fsp3) is 0.533. The SMILES string of the molecule is CN(CCN)[C@H]1CCN(C(=O)OCc2ccccc2)C1. The van der Waals surface area contributed by atoms with Crippen molar-refractivity contribution < 1.29 is 9.53 Å². The fourth-order valence-corrected chi connectivity index (χ4v) is 2.46. The molecule has 0 aromatic heterocycles. The van der Waals surface area contributed by atoms with E-state index in [-0.39, 0.29) is 6.09 Å². The second kappa shape index (κ2) is 7.26. The van der Waals surface area contributed by atoms with Crippen molar-refractivity contribution in [3.63, 3.8) is 0 Å². The number of amides is 1. The molecule has 0 aliphatic carbocycles. The number of carbonyl (C=O) groups excluding carboxylic acids is 1. The highest BCUT2D eigenvalue weighted by atomic mass is 16.6. The second-order valence-corrected chi connectivity index (χ2v) is 5.20. The van der Waals surface area contributed by atoms with E-state index in [1.165, 1.54) is 0 Å². The topological polar surface area (TPSA) is 58.8 Å². The molecule has 1 aromatic rings. The number of likely N-dealkylation sites (tertiary alicyclic amines) is 1. The van der Waals surface area contributed by atoms with Gasteiger partial charge < -0.3 is 20.3 Å². The fourth-order valence-electron chi connectivity index (χ4n) is 2.46. The van der Waals surface area contributed by atoms with Gasteiger partial charge in [0.05, 0.1) is 0 Å². The van der Waals surface area contributed by atoms with Crippen LogP contribution in [0.4, 0.5) is 4.79 Å². The first-order chi connectivity index (χ1) is 9.70. The lowest BCUT2D eigenvalue weighted by Crippen LogP contribution is -2.39. The lowest BCUT2D eigenvalue weighted by atomic mass is 10.2. The van der Waals surface area contributed by atoms with Crippen molar-refractivity contribution in [2.45, 2.75) is 19.1 Å². The van der Waals surface area contributed by atoms with Gasteiger partial charge in [-0.25, -0.2) is 4.79 Å². The van der Waals surface area contributed by atoms with Crippen LogP contribution in [0.5, 0.6) is 0 Å². The lowest BCUT2D eigenvalue weighted by Gasteiger charge is -2.23. The van der Waals surface area contributed by atoms with Crippen LogP contribution in [0.25, 0.3) is 0 Å². The number of likely N-dealkylation sites (N-methyl/N-ethyl adjacent to an activating group) is 1. The minimum atomic E-state index is -0.225. The predicted molar refractivity (Wildman–Crippen MR) is 78.3 cm³/mol. The highest BCUT2D eigenvalue weighted by molar-refractivity contribution is 5.68. The molecule has 1 aliphatic heterocycles. The van der Waals surface area contributed by atoms with Crippen LogP contribution in [0.2, 0.25) is 0 Å². The van der Waals surface area contributed by atoms with Gasteiger partial charge in [0, 0.05) is 32.2 Å². The normalized spacial score (nSPS) is 18.6. The van der Waals surface area contributed by atoms with Crippen molar-refractivity contribution in [2.75, 3.05) is 33.2 Å². The van der Waals surface area contributed by atoms with Crippen molar-refractivity contribution in [2.24, 2.45) is 5.73 Å². The van der Waals surface area contributed by atoms with Crippen molar-refractivity contribution in [1.29, 1.82) is 0 Å². The van der Waals surface area contributed by atoms with Crippen molar-refractivity contribution in [3.8, 4) is 0 Å². The third-order valence-corrected chi connectivity index (χ3v) is 3.73. The molecule has 2 rings (SSSR count). The maximum absolute atomic E-state index is 12.0. The summed E-state index contributed by atoms with van der Waals surface area (Å²) in [5.74, 6) is 0. The Labute approximate surface area is 120 Å². The molecule has 1 amide bonds. The van der Waals surface area contributed by atoms with Crippen LogP contribution in [0, 0.1) is 0 Å². The smallest absolute Gasteiger partial charge is 0.410 e. The zero-order valence-electron chi connectivity index (χ0n) is 12.0. The number of nitrogens with zero attached hydrogens (tertiary/aromatic N) is 2. The molecule has 1 atom stereocenters. The quantitative estimate of drug-likeness (QED) is 0.881. The van der Waals surface area contributed by atoms with E-state index >= 15 is 0 Å². The van der Waals surface area contributed by atoms with E-state index in [4.69, 9.17) is 10.5 Å². The summed E-state index contributed by atoms with van der Waals surface area (Å²) in [6.45, 7) is 3.32. The molecule has 1 fully saturated rings. The summed E-state index contributed by atoms with van der Waals surface area (Å²) in [6.07, 6.45) is 0.759. The molecular formula is C15H23N3O2. The van der Waals surface area contributed by atoms with Gasteiger partial charge in [-0.15, -0.1) is 0 Å². The summed E-state index contributed by atoms with van der Waals surface area (Å²) in [5, 5.41) is 0. The Morgan fingerprint density at radius 3 is 2.90 bits per heavy atom. The zero-order valence-corrected chi connectivity index (χ0v) is 12.0. The number of nitrogens with two attached hydrogens (primary N) is 1. The molecule has 5 heteroatoms. The molecule has 0 bridgehead atoms. The largest absolute Gasteiger partial charge is 0.445 e. The Hall–Kier alpha value is -1.59. The van der Waals surface area contributed by atoms with E-state index in [0.717, 1.165) is 31.6 Å². The Morgan fingerprint density at radius 1 is 1.45 bits per heavy atom. The van der Waals surface area contributed by atoms with Crippen LogP contribution in [0.15, 0.2) is 30.3 Å². The molecule has 1 saturated heterocycles. The van der Waals surface area contributed by atoms with E-state index < -0.39 is 0 Å². The first kappa shape index (κ1) is 14.8. The van der Waals surface area contributed by atoms with Gasteiger partial charge in [-0.05, 0) is 19.0 Å². The number of benzene rings is 1. The lowest BCUT2D eigenvalue weighted by molar-refractivity contribution is 0.101. The van der Waals surface area contributed by atoms with Crippen molar-refractivity contribution in [1.82, 2.24) is 9.80 Å². The first-order valence-electron chi connectivity index (χ1n) is 7.06. The molecule has 20 heavy (non-hydrogen) atoms. The maximum atomic E-state index is 12.0. The van der Waals surface area contributed by atoms with Crippen molar-refractivity contribution in [3.05, 3.63) is 35.9 Å². The molecule has 110 valence electrons. The highest BCUT2D eigenvalue weighted by Crippen LogP contribution is 2.15. The Kier molecular flexibility index (Phi) is 5.38. The Morgan fingerprint density at radius 2 is 2.20 bits per heavy atom. The Bertz CT molecular complexity index is 424. The third kappa shape index (κ3) is 3.95. The molecule has 0 saturated carbocycles.